The monoisotopic (exact) mass is 634 g/mol. The van der Waals surface area contributed by atoms with E-state index in [0.29, 0.717) is 32.3 Å². The summed E-state index contributed by atoms with van der Waals surface area (Å²) in [6.45, 7) is -0.104. The van der Waals surface area contributed by atoms with E-state index in [2.05, 4.69) is 21.2 Å². The SMILES string of the molecule is CNC(=O)c1c(-c2ccc(F)cc2)oc2cc(N(Cc3ccc(Br)c(S(C)(=O)=O)c3)[SH](=O)=O)c(C3CC3)cc12. The van der Waals surface area contributed by atoms with Gasteiger partial charge in [0.2, 0.25) is 10.9 Å². The molecule has 1 N–H and O–H groups in total. The van der Waals surface area contributed by atoms with Crippen molar-refractivity contribution in [3.05, 3.63) is 81.6 Å². The Morgan fingerprint density at radius 2 is 1.82 bits per heavy atom. The fourth-order valence-electron chi connectivity index (χ4n) is 4.58. The molecule has 5 rings (SSSR count). The predicted octanol–water partition coefficient (Wildman–Crippen LogP) is 5.17. The first kappa shape index (κ1) is 27.4. The maximum absolute atomic E-state index is 13.6. The highest BCUT2D eigenvalue weighted by atomic mass is 79.9. The lowest BCUT2D eigenvalue weighted by Gasteiger charge is -2.22. The van der Waals surface area contributed by atoms with Crippen LogP contribution in [-0.2, 0) is 27.3 Å². The molecule has 1 amide bonds. The third-order valence-electron chi connectivity index (χ3n) is 6.62. The number of benzene rings is 3. The summed E-state index contributed by atoms with van der Waals surface area (Å²) < 4.78 is 70.8. The summed E-state index contributed by atoms with van der Waals surface area (Å²) in [5.74, 6) is -0.485. The van der Waals surface area contributed by atoms with Crippen molar-refractivity contribution in [2.24, 2.45) is 0 Å². The Kier molecular flexibility index (Phi) is 7.29. The van der Waals surface area contributed by atoms with Crippen LogP contribution in [0.3, 0.4) is 0 Å². The van der Waals surface area contributed by atoms with Crippen LogP contribution >= 0.6 is 15.9 Å². The average Bonchev–Trinajstić information content (AvgIpc) is 3.67. The van der Waals surface area contributed by atoms with Crippen LogP contribution < -0.4 is 9.62 Å². The summed E-state index contributed by atoms with van der Waals surface area (Å²) in [5.41, 5.74) is 2.69. The standard InChI is InChI=1S/C27H24BrFN2O6S2/c1-30-27(32)25-20-12-19(16-4-5-16)22(13-23(20)37-26(25)17-6-8-18(29)9-7-17)31(38(33)34)14-15-3-10-21(28)24(11-15)39(2,35)36/h3,6-13,16,38H,4-5,14H2,1-2H3,(H,30,32). The number of anilines is 1. The number of halogens is 2. The molecule has 1 heterocycles. The normalized spacial score (nSPS) is 13.7. The van der Waals surface area contributed by atoms with E-state index < -0.39 is 32.5 Å². The molecule has 1 aliphatic rings. The molecule has 0 atom stereocenters. The fraction of sp³-hybridized carbons (Fsp3) is 0.222. The first-order valence-electron chi connectivity index (χ1n) is 12.0. The molecule has 1 saturated carbocycles. The second-order valence-corrected chi connectivity index (χ2v) is 13.2. The Bertz CT molecular complexity index is 1790. The molecule has 0 bridgehead atoms. The second kappa shape index (κ2) is 10.4. The van der Waals surface area contributed by atoms with Crippen molar-refractivity contribution in [3.63, 3.8) is 0 Å². The molecule has 0 saturated heterocycles. The molecule has 8 nitrogen and oxygen atoms in total. The van der Waals surface area contributed by atoms with Gasteiger partial charge in [0.15, 0.2) is 9.84 Å². The van der Waals surface area contributed by atoms with Crippen LogP contribution in [0.4, 0.5) is 10.1 Å². The predicted molar refractivity (Wildman–Crippen MR) is 151 cm³/mol. The van der Waals surface area contributed by atoms with Crippen LogP contribution in [0.25, 0.3) is 22.3 Å². The first-order chi connectivity index (χ1) is 18.5. The van der Waals surface area contributed by atoms with Crippen LogP contribution in [0.2, 0.25) is 0 Å². The van der Waals surface area contributed by atoms with Crippen LogP contribution in [0.5, 0.6) is 0 Å². The van der Waals surface area contributed by atoms with E-state index in [-0.39, 0.29) is 28.7 Å². The van der Waals surface area contributed by atoms with E-state index in [4.69, 9.17) is 4.42 Å². The highest BCUT2D eigenvalue weighted by molar-refractivity contribution is 9.10. The summed E-state index contributed by atoms with van der Waals surface area (Å²) in [6.07, 6.45) is 2.80. The van der Waals surface area contributed by atoms with Crippen LogP contribution in [0.15, 0.2) is 68.4 Å². The van der Waals surface area contributed by atoms with Gasteiger partial charge in [-0.15, -0.1) is 0 Å². The van der Waals surface area contributed by atoms with Crippen molar-refractivity contribution in [1.82, 2.24) is 5.32 Å². The van der Waals surface area contributed by atoms with E-state index in [1.807, 2.05) is 0 Å². The maximum Gasteiger partial charge on any atom is 0.255 e. The summed E-state index contributed by atoms with van der Waals surface area (Å²) >= 11 is 3.24. The molecule has 0 aliphatic heterocycles. The third kappa shape index (κ3) is 5.45. The van der Waals surface area contributed by atoms with Crippen molar-refractivity contribution in [3.8, 4) is 11.3 Å². The lowest BCUT2D eigenvalue weighted by molar-refractivity contribution is 0.0964. The molecule has 204 valence electrons. The van der Waals surface area contributed by atoms with Gasteiger partial charge in [-0.1, -0.05) is 6.07 Å². The molecule has 0 unspecified atom stereocenters. The molecule has 0 spiro atoms. The molecule has 0 radical (unpaired) electrons. The van der Waals surface area contributed by atoms with Gasteiger partial charge in [0.1, 0.15) is 17.2 Å². The quantitative estimate of drug-likeness (QED) is 0.258. The lowest BCUT2D eigenvalue weighted by atomic mass is 10.00. The minimum absolute atomic E-state index is 0.0594. The zero-order valence-corrected chi connectivity index (χ0v) is 24.2. The Morgan fingerprint density at radius 1 is 1.13 bits per heavy atom. The summed E-state index contributed by atoms with van der Waals surface area (Å²) in [4.78, 5) is 13.0. The molecular formula is C27H24BrFN2O6S2. The Hall–Kier alpha value is -3.22. The van der Waals surface area contributed by atoms with E-state index in [1.165, 1.54) is 41.7 Å². The van der Waals surface area contributed by atoms with Crippen molar-refractivity contribution in [1.29, 1.82) is 0 Å². The van der Waals surface area contributed by atoms with Gasteiger partial charge in [-0.05, 0) is 88.3 Å². The molecule has 39 heavy (non-hydrogen) atoms. The minimum atomic E-state index is -3.55. The van der Waals surface area contributed by atoms with Gasteiger partial charge in [0.05, 0.1) is 22.7 Å². The number of nitrogens with one attached hydrogen (secondary N) is 1. The first-order valence-corrected chi connectivity index (χ1v) is 15.8. The maximum atomic E-state index is 13.6. The topological polar surface area (TPSA) is 114 Å². The lowest BCUT2D eigenvalue weighted by Crippen LogP contribution is -2.22. The van der Waals surface area contributed by atoms with Gasteiger partial charge in [-0.3, -0.25) is 9.10 Å². The van der Waals surface area contributed by atoms with E-state index >= 15 is 0 Å². The summed E-state index contributed by atoms with van der Waals surface area (Å²) in [5, 5.41) is 3.14. The number of furan rings is 1. The van der Waals surface area contributed by atoms with Gasteiger partial charge in [0, 0.05) is 34.8 Å². The van der Waals surface area contributed by atoms with Crippen molar-refractivity contribution >= 4 is 59.2 Å². The number of hydrogen-bond acceptors (Lipinski definition) is 6. The number of rotatable bonds is 8. The number of carbonyl (C=O) groups excluding carboxylic acids is 1. The van der Waals surface area contributed by atoms with Gasteiger partial charge in [-0.25, -0.2) is 21.2 Å². The molecule has 12 heteroatoms. The van der Waals surface area contributed by atoms with Crippen molar-refractivity contribution in [2.45, 2.75) is 30.2 Å². The number of carbonyl (C=O) groups is 1. The third-order valence-corrected chi connectivity index (χ3v) is 9.46. The molecular weight excluding hydrogens is 611 g/mol. The number of sulfone groups is 1. The van der Waals surface area contributed by atoms with Crippen LogP contribution in [0.1, 0.15) is 40.2 Å². The zero-order chi connectivity index (χ0) is 28.1. The number of amides is 1. The largest absolute Gasteiger partial charge is 0.455 e. The number of thiol groups is 1. The van der Waals surface area contributed by atoms with Crippen LogP contribution in [-0.4, -0.2) is 36.0 Å². The van der Waals surface area contributed by atoms with E-state index in [0.717, 1.165) is 24.7 Å². The zero-order valence-electron chi connectivity index (χ0n) is 20.9. The molecule has 3 aromatic carbocycles. The summed E-state index contributed by atoms with van der Waals surface area (Å²) in [7, 11) is -5.19. The minimum Gasteiger partial charge on any atom is -0.455 e. The highest BCUT2D eigenvalue weighted by Crippen LogP contribution is 2.48. The fourth-order valence-corrected chi connectivity index (χ4v) is 7.13. The molecule has 4 aromatic rings. The Labute approximate surface area is 234 Å². The molecule has 1 aromatic heterocycles. The number of nitrogens with zero attached hydrogens (tertiary/aromatic N) is 1. The number of fused-ring (bicyclic) bond motifs is 1. The number of hydrogen-bond donors (Lipinski definition) is 2. The van der Waals surface area contributed by atoms with Gasteiger partial charge >= 0.3 is 0 Å². The van der Waals surface area contributed by atoms with Gasteiger partial charge in [-0.2, -0.15) is 0 Å². The smallest absolute Gasteiger partial charge is 0.255 e. The van der Waals surface area contributed by atoms with Gasteiger partial charge in [0.25, 0.3) is 5.91 Å². The van der Waals surface area contributed by atoms with Crippen molar-refractivity contribution in [2.75, 3.05) is 17.6 Å². The van der Waals surface area contributed by atoms with Crippen molar-refractivity contribution < 1.29 is 30.4 Å². The summed E-state index contributed by atoms with van der Waals surface area (Å²) in [6, 6.07) is 13.6. The van der Waals surface area contributed by atoms with E-state index in [9.17, 15) is 26.0 Å². The average molecular weight is 636 g/mol. The molecule has 1 fully saturated rings. The highest BCUT2D eigenvalue weighted by Gasteiger charge is 2.32. The van der Waals surface area contributed by atoms with Gasteiger partial charge < -0.3 is 9.73 Å². The van der Waals surface area contributed by atoms with E-state index in [1.54, 1.807) is 24.3 Å². The molecule has 1 aliphatic carbocycles. The second-order valence-electron chi connectivity index (χ2n) is 9.41. The Morgan fingerprint density at radius 3 is 2.41 bits per heavy atom. The Balaban J connectivity index is 1.68. The van der Waals surface area contributed by atoms with Crippen LogP contribution in [0, 0.1) is 5.82 Å².